The van der Waals surface area contributed by atoms with Crippen molar-refractivity contribution >= 4 is 5.69 Å². The molecule has 2 N–H and O–H groups in total. The van der Waals surface area contributed by atoms with Gasteiger partial charge in [0.05, 0.1) is 5.69 Å². The molecule has 0 saturated heterocycles. The van der Waals surface area contributed by atoms with Gasteiger partial charge in [0.2, 0.25) is 11.8 Å². The number of anilines is 1. The molecule has 0 spiro atoms. The Balaban J connectivity index is 2.10. The summed E-state index contributed by atoms with van der Waals surface area (Å²) in [6, 6.07) is 3.57. The number of nitrogens with two attached hydrogens (primary N) is 1. The van der Waals surface area contributed by atoms with E-state index in [1.165, 1.54) is 6.42 Å². The number of ether oxygens (including phenoxy) is 2. The summed E-state index contributed by atoms with van der Waals surface area (Å²) in [5.74, 6) is 1.05. The molecule has 1 aromatic heterocycles. The third-order valence-electron chi connectivity index (χ3n) is 2.61. The molecule has 4 heteroatoms. The Morgan fingerprint density at radius 2 is 2.00 bits per heavy atom. The van der Waals surface area contributed by atoms with Crippen molar-refractivity contribution < 1.29 is 9.47 Å². The SMILES string of the molecule is CC(C)(C)Oc1nc(OC2CCC2)ccc1N. The highest BCUT2D eigenvalue weighted by Gasteiger charge is 2.21. The van der Waals surface area contributed by atoms with Gasteiger partial charge in [-0.05, 0) is 46.1 Å². The van der Waals surface area contributed by atoms with Gasteiger partial charge in [-0.15, -0.1) is 0 Å². The van der Waals surface area contributed by atoms with Crippen LogP contribution in [0.4, 0.5) is 5.69 Å². The highest BCUT2D eigenvalue weighted by atomic mass is 16.5. The van der Waals surface area contributed by atoms with Gasteiger partial charge in [-0.1, -0.05) is 0 Å². The minimum absolute atomic E-state index is 0.309. The lowest BCUT2D eigenvalue weighted by Crippen LogP contribution is -2.26. The number of pyridine rings is 1. The first-order valence-electron chi connectivity index (χ1n) is 6.06. The number of nitrogens with zero attached hydrogens (tertiary/aromatic N) is 1. The molecule has 1 aliphatic carbocycles. The molecule has 0 atom stereocenters. The zero-order chi connectivity index (χ0) is 12.5. The normalized spacial score (nSPS) is 16.4. The largest absolute Gasteiger partial charge is 0.474 e. The van der Waals surface area contributed by atoms with Crippen LogP contribution in [0, 0.1) is 0 Å². The zero-order valence-electron chi connectivity index (χ0n) is 10.7. The fraction of sp³-hybridized carbons (Fsp3) is 0.615. The van der Waals surface area contributed by atoms with E-state index < -0.39 is 0 Å². The number of nitrogen functional groups attached to an aromatic ring is 1. The summed E-state index contributed by atoms with van der Waals surface area (Å²) in [5.41, 5.74) is 6.06. The predicted molar refractivity (Wildman–Crippen MR) is 67.3 cm³/mol. The minimum atomic E-state index is -0.309. The third kappa shape index (κ3) is 3.25. The van der Waals surface area contributed by atoms with Crippen LogP contribution in [-0.4, -0.2) is 16.7 Å². The molecule has 0 aromatic carbocycles. The Hall–Kier alpha value is -1.45. The summed E-state index contributed by atoms with van der Waals surface area (Å²) < 4.78 is 11.4. The van der Waals surface area contributed by atoms with Crippen molar-refractivity contribution in [3.05, 3.63) is 12.1 Å². The fourth-order valence-corrected chi connectivity index (χ4v) is 1.53. The average Bonchev–Trinajstić information content (AvgIpc) is 2.14. The molecule has 1 aliphatic rings. The molecule has 1 saturated carbocycles. The second-order valence-electron chi connectivity index (χ2n) is 5.43. The second kappa shape index (κ2) is 4.43. The quantitative estimate of drug-likeness (QED) is 0.876. The van der Waals surface area contributed by atoms with Gasteiger partial charge in [0, 0.05) is 6.07 Å². The number of hydrogen-bond donors (Lipinski definition) is 1. The van der Waals surface area contributed by atoms with Crippen LogP contribution >= 0.6 is 0 Å². The monoisotopic (exact) mass is 236 g/mol. The summed E-state index contributed by atoms with van der Waals surface area (Å²) in [6.07, 6.45) is 3.78. The highest BCUT2D eigenvalue weighted by molar-refractivity contribution is 5.49. The molecule has 4 nitrogen and oxygen atoms in total. The molecule has 1 heterocycles. The maximum absolute atomic E-state index is 5.83. The van der Waals surface area contributed by atoms with E-state index in [1.54, 1.807) is 12.1 Å². The molecule has 0 radical (unpaired) electrons. The first-order valence-corrected chi connectivity index (χ1v) is 6.06. The molecule has 2 rings (SSSR count). The van der Waals surface area contributed by atoms with Crippen molar-refractivity contribution in [2.45, 2.75) is 51.7 Å². The van der Waals surface area contributed by atoms with E-state index in [4.69, 9.17) is 15.2 Å². The molecule has 94 valence electrons. The Kier molecular flexibility index (Phi) is 3.13. The first kappa shape index (κ1) is 12.0. The Labute approximate surface area is 102 Å². The lowest BCUT2D eigenvalue weighted by molar-refractivity contribution is 0.104. The Bertz CT molecular complexity index is 395. The highest BCUT2D eigenvalue weighted by Crippen LogP contribution is 2.29. The van der Waals surface area contributed by atoms with E-state index in [-0.39, 0.29) is 5.60 Å². The van der Waals surface area contributed by atoms with Crippen LogP contribution in [0.1, 0.15) is 40.0 Å². The number of aromatic nitrogens is 1. The summed E-state index contributed by atoms with van der Waals surface area (Å²) >= 11 is 0. The van der Waals surface area contributed by atoms with Crippen LogP contribution in [0.15, 0.2) is 12.1 Å². The maximum atomic E-state index is 5.83. The topological polar surface area (TPSA) is 57.4 Å². The van der Waals surface area contributed by atoms with E-state index >= 15 is 0 Å². The van der Waals surface area contributed by atoms with Crippen molar-refractivity contribution in [3.63, 3.8) is 0 Å². The van der Waals surface area contributed by atoms with Crippen LogP contribution in [-0.2, 0) is 0 Å². The van der Waals surface area contributed by atoms with E-state index in [9.17, 15) is 0 Å². The number of rotatable bonds is 3. The molecular formula is C13H20N2O2. The van der Waals surface area contributed by atoms with Gasteiger partial charge in [0.1, 0.15) is 11.7 Å². The van der Waals surface area contributed by atoms with E-state index in [0.717, 1.165) is 12.8 Å². The third-order valence-corrected chi connectivity index (χ3v) is 2.61. The molecule has 0 amide bonds. The minimum Gasteiger partial charge on any atom is -0.474 e. The molecule has 0 bridgehead atoms. The van der Waals surface area contributed by atoms with Gasteiger partial charge in [-0.25, -0.2) is 0 Å². The summed E-state index contributed by atoms with van der Waals surface area (Å²) in [4.78, 5) is 4.31. The smallest absolute Gasteiger partial charge is 0.241 e. The maximum Gasteiger partial charge on any atom is 0.241 e. The van der Waals surface area contributed by atoms with Crippen molar-refractivity contribution in [1.82, 2.24) is 4.98 Å². The van der Waals surface area contributed by atoms with Gasteiger partial charge in [0.25, 0.3) is 0 Å². The van der Waals surface area contributed by atoms with Crippen LogP contribution < -0.4 is 15.2 Å². The molecule has 0 aliphatic heterocycles. The average molecular weight is 236 g/mol. The van der Waals surface area contributed by atoms with Gasteiger partial charge in [-0.3, -0.25) is 0 Å². The van der Waals surface area contributed by atoms with Crippen LogP contribution in [0.2, 0.25) is 0 Å². The molecule has 0 unspecified atom stereocenters. The summed E-state index contributed by atoms with van der Waals surface area (Å²) in [5, 5.41) is 0. The first-order chi connectivity index (χ1) is 7.94. The standard InChI is InChI=1S/C13H20N2O2/c1-13(2,3)17-12-10(14)7-8-11(15-12)16-9-5-4-6-9/h7-9H,4-6,14H2,1-3H3. The van der Waals surface area contributed by atoms with E-state index in [2.05, 4.69) is 4.98 Å². The lowest BCUT2D eigenvalue weighted by Gasteiger charge is -2.26. The van der Waals surface area contributed by atoms with Gasteiger partial charge >= 0.3 is 0 Å². The Morgan fingerprint density at radius 1 is 1.29 bits per heavy atom. The molecular weight excluding hydrogens is 216 g/mol. The Morgan fingerprint density at radius 3 is 2.53 bits per heavy atom. The van der Waals surface area contributed by atoms with Crippen molar-refractivity contribution in [3.8, 4) is 11.8 Å². The molecule has 17 heavy (non-hydrogen) atoms. The second-order valence-corrected chi connectivity index (χ2v) is 5.43. The predicted octanol–water partition coefficient (Wildman–Crippen LogP) is 2.77. The van der Waals surface area contributed by atoms with Crippen molar-refractivity contribution in [2.75, 3.05) is 5.73 Å². The number of hydrogen-bond acceptors (Lipinski definition) is 4. The van der Waals surface area contributed by atoms with E-state index in [1.807, 2.05) is 20.8 Å². The van der Waals surface area contributed by atoms with Gasteiger partial charge in [0.15, 0.2) is 0 Å². The van der Waals surface area contributed by atoms with Crippen LogP contribution in [0.5, 0.6) is 11.8 Å². The van der Waals surface area contributed by atoms with E-state index in [0.29, 0.717) is 23.6 Å². The lowest BCUT2D eigenvalue weighted by atomic mass is 9.96. The fourth-order valence-electron chi connectivity index (χ4n) is 1.53. The summed E-state index contributed by atoms with van der Waals surface area (Å²) in [6.45, 7) is 5.90. The van der Waals surface area contributed by atoms with Crippen LogP contribution in [0.3, 0.4) is 0 Å². The molecule has 1 fully saturated rings. The van der Waals surface area contributed by atoms with Gasteiger partial charge < -0.3 is 15.2 Å². The zero-order valence-corrected chi connectivity index (χ0v) is 10.7. The van der Waals surface area contributed by atoms with Gasteiger partial charge in [-0.2, -0.15) is 4.98 Å². The summed E-state index contributed by atoms with van der Waals surface area (Å²) in [7, 11) is 0. The molecule has 1 aromatic rings. The van der Waals surface area contributed by atoms with Crippen molar-refractivity contribution in [1.29, 1.82) is 0 Å². The van der Waals surface area contributed by atoms with Crippen LogP contribution in [0.25, 0.3) is 0 Å². The van der Waals surface area contributed by atoms with Crippen molar-refractivity contribution in [2.24, 2.45) is 0 Å².